The maximum atomic E-state index is 11.3. The summed E-state index contributed by atoms with van der Waals surface area (Å²) >= 11 is 0. The summed E-state index contributed by atoms with van der Waals surface area (Å²) in [6.07, 6.45) is 0.655. The predicted molar refractivity (Wildman–Crippen MR) is 79.4 cm³/mol. The van der Waals surface area contributed by atoms with Gasteiger partial charge < -0.3 is 14.7 Å². The van der Waals surface area contributed by atoms with Gasteiger partial charge in [0, 0.05) is 18.8 Å². The van der Waals surface area contributed by atoms with Crippen molar-refractivity contribution in [1.29, 1.82) is 0 Å². The van der Waals surface area contributed by atoms with E-state index in [4.69, 9.17) is 4.74 Å². The van der Waals surface area contributed by atoms with Gasteiger partial charge in [0.15, 0.2) is 0 Å². The first-order valence-electron chi connectivity index (χ1n) is 7.09. The van der Waals surface area contributed by atoms with Crippen LogP contribution in [0.3, 0.4) is 0 Å². The number of para-hydroxylation sites is 1. The van der Waals surface area contributed by atoms with Crippen molar-refractivity contribution in [3.63, 3.8) is 0 Å². The highest BCUT2D eigenvalue weighted by atomic mass is 16.5. The van der Waals surface area contributed by atoms with Crippen molar-refractivity contribution in [3.05, 3.63) is 29.8 Å². The van der Waals surface area contributed by atoms with E-state index in [0.717, 1.165) is 24.3 Å². The van der Waals surface area contributed by atoms with Crippen molar-refractivity contribution in [2.45, 2.75) is 38.7 Å². The Morgan fingerprint density at radius 2 is 2.10 bits per heavy atom. The van der Waals surface area contributed by atoms with Gasteiger partial charge in [-0.1, -0.05) is 18.2 Å². The van der Waals surface area contributed by atoms with Crippen molar-refractivity contribution in [3.8, 4) is 0 Å². The predicted octanol–water partition coefficient (Wildman–Crippen LogP) is 2.88. The molecule has 2 rings (SSSR count). The van der Waals surface area contributed by atoms with Crippen LogP contribution in [-0.2, 0) is 9.53 Å². The Labute approximate surface area is 120 Å². The third-order valence-corrected chi connectivity index (χ3v) is 3.53. The number of fused-ring (bicyclic) bond motifs is 1. The summed E-state index contributed by atoms with van der Waals surface area (Å²) in [5, 5.41) is 9.31. The smallest absolute Gasteiger partial charge is 0.311 e. The van der Waals surface area contributed by atoms with Crippen LogP contribution in [0.2, 0.25) is 0 Å². The van der Waals surface area contributed by atoms with Crippen LogP contribution in [-0.4, -0.2) is 36.4 Å². The molecule has 0 radical (unpaired) electrons. The van der Waals surface area contributed by atoms with Crippen LogP contribution in [0, 0.1) is 0 Å². The van der Waals surface area contributed by atoms with Gasteiger partial charge in [-0.3, -0.25) is 4.79 Å². The molecule has 0 aromatic heterocycles. The fourth-order valence-electron chi connectivity index (χ4n) is 2.58. The lowest BCUT2D eigenvalue weighted by atomic mass is 9.90. The molecule has 0 bridgehead atoms. The molecular formula is C16H23NO3. The van der Waals surface area contributed by atoms with E-state index < -0.39 is 5.97 Å². The lowest BCUT2D eigenvalue weighted by molar-refractivity contribution is -0.139. The summed E-state index contributed by atoms with van der Waals surface area (Å²) in [7, 11) is 0. The molecule has 4 nitrogen and oxygen atoms in total. The Morgan fingerprint density at radius 1 is 1.40 bits per heavy atom. The molecule has 1 aliphatic heterocycles. The quantitative estimate of drug-likeness (QED) is 0.919. The second-order valence-corrected chi connectivity index (χ2v) is 6.19. The molecule has 20 heavy (non-hydrogen) atoms. The first-order chi connectivity index (χ1) is 9.38. The third-order valence-electron chi connectivity index (χ3n) is 3.53. The molecule has 1 heterocycles. The summed E-state index contributed by atoms with van der Waals surface area (Å²) in [6.45, 7) is 8.32. The van der Waals surface area contributed by atoms with Crippen LogP contribution >= 0.6 is 0 Å². The van der Waals surface area contributed by atoms with Gasteiger partial charge in [0.1, 0.15) is 0 Å². The lowest BCUT2D eigenvalue weighted by Gasteiger charge is -2.34. The Kier molecular flexibility index (Phi) is 4.33. The number of rotatable bonds is 4. The molecule has 0 fully saturated rings. The first-order valence-corrected chi connectivity index (χ1v) is 7.09. The minimum atomic E-state index is -0.733. The summed E-state index contributed by atoms with van der Waals surface area (Å²) in [6, 6.07) is 7.79. The number of aliphatic carboxylic acids is 1. The fourth-order valence-corrected chi connectivity index (χ4v) is 2.58. The standard InChI is InChI=1S/C16H23NO3/c1-16(2,3)20-11-10-17-9-8-13(15(18)19)12-6-4-5-7-14(12)17/h4-7,13H,8-11H2,1-3H3,(H,18,19). The largest absolute Gasteiger partial charge is 0.481 e. The van der Waals surface area contributed by atoms with Gasteiger partial charge in [-0.2, -0.15) is 0 Å². The van der Waals surface area contributed by atoms with E-state index in [1.54, 1.807) is 0 Å². The molecule has 0 aliphatic carbocycles. The maximum absolute atomic E-state index is 11.3. The molecular weight excluding hydrogens is 254 g/mol. The summed E-state index contributed by atoms with van der Waals surface area (Å²) in [5.41, 5.74) is 1.81. The summed E-state index contributed by atoms with van der Waals surface area (Å²) in [4.78, 5) is 13.5. The molecule has 1 aromatic rings. The van der Waals surface area contributed by atoms with Crippen molar-refractivity contribution in [2.24, 2.45) is 0 Å². The molecule has 0 saturated heterocycles. The number of carboxylic acid groups (broad SMARTS) is 1. The molecule has 0 spiro atoms. The molecule has 1 atom stereocenters. The molecule has 4 heteroatoms. The van der Waals surface area contributed by atoms with Crippen LogP contribution in [0.15, 0.2) is 24.3 Å². The number of benzene rings is 1. The topological polar surface area (TPSA) is 49.8 Å². The number of hydrogen-bond donors (Lipinski definition) is 1. The third kappa shape index (κ3) is 3.51. The zero-order valence-electron chi connectivity index (χ0n) is 12.4. The van der Waals surface area contributed by atoms with Crippen LogP contribution in [0.1, 0.15) is 38.7 Å². The zero-order chi connectivity index (χ0) is 14.8. The van der Waals surface area contributed by atoms with Gasteiger partial charge in [-0.05, 0) is 38.8 Å². The first kappa shape index (κ1) is 14.9. The monoisotopic (exact) mass is 277 g/mol. The van der Waals surface area contributed by atoms with Gasteiger partial charge >= 0.3 is 5.97 Å². The van der Waals surface area contributed by atoms with Crippen molar-refractivity contribution in [2.75, 3.05) is 24.6 Å². The minimum Gasteiger partial charge on any atom is -0.481 e. The van der Waals surface area contributed by atoms with E-state index in [2.05, 4.69) is 4.90 Å². The number of nitrogens with zero attached hydrogens (tertiary/aromatic N) is 1. The van der Waals surface area contributed by atoms with Gasteiger partial charge in [0.25, 0.3) is 0 Å². The highest BCUT2D eigenvalue weighted by molar-refractivity contribution is 5.80. The van der Waals surface area contributed by atoms with Gasteiger partial charge in [-0.25, -0.2) is 0 Å². The second kappa shape index (κ2) is 5.83. The van der Waals surface area contributed by atoms with E-state index in [1.807, 2.05) is 45.0 Å². The number of carboxylic acids is 1. The molecule has 0 saturated carbocycles. The molecule has 1 aromatic carbocycles. The second-order valence-electron chi connectivity index (χ2n) is 6.19. The number of ether oxygens (including phenoxy) is 1. The normalized spacial score (nSPS) is 18.8. The molecule has 1 unspecified atom stereocenters. The number of hydrogen-bond acceptors (Lipinski definition) is 3. The number of anilines is 1. The van der Waals surface area contributed by atoms with E-state index >= 15 is 0 Å². The summed E-state index contributed by atoms with van der Waals surface area (Å²) in [5.74, 6) is -1.12. The van der Waals surface area contributed by atoms with Crippen LogP contribution < -0.4 is 4.90 Å². The Bertz CT molecular complexity index is 479. The zero-order valence-corrected chi connectivity index (χ0v) is 12.4. The van der Waals surface area contributed by atoms with Crippen LogP contribution in [0.4, 0.5) is 5.69 Å². The highest BCUT2D eigenvalue weighted by Gasteiger charge is 2.29. The van der Waals surface area contributed by atoms with Gasteiger partial charge in [0.05, 0.1) is 18.1 Å². The molecule has 110 valence electrons. The van der Waals surface area contributed by atoms with E-state index in [1.165, 1.54) is 0 Å². The van der Waals surface area contributed by atoms with E-state index in [9.17, 15) is 9.90 Å². The lowest BCUT2D eigenvalue weighted by Crippen LogP contribution is -2.37. The molecule has 1 aliphatic rings. The number of carbonyl (C=O) groups is 1. The highest BCUT2D eigenvalue weighted by Crippen LogP contribution is 2.35. The van der Waals surface area contributed by atoms with Gasteiger partial charge in [0.2, 0.25) is 0 Å². The SMILES string of the molecule is CC(C)(C)OCCN1CCC(C(=O)O)c2ccccc21. The molecule has 0 amide bonds. The van der Waals surface area contributed by atoms with Gasteiger partial charge in [-0.15, -0.1) is 0 Å². The Hall–Kier alpha value is -1.55. The minimum absolute atomic E-state index is 0.140. The van der Waals surface area contributed by atoms with Crippen LogP contribution in [0.5, 0.6) is 0 Å². The average Bonchev–Trinajstić information content (AvgIpc) is 2.37. The van der Waals surface area contributed by atoms with E-state index in [0.29, 0.717) is 13.0 Å². The van der Waals surface area contributed by atoms with Crippen molar-refractivity contribution < 1.29 is 14.6 Å². The summed E-state index contributed by atoms with van der Waals surface area (Å²) < 4.78 is 5.76. The van der Waals surface area contributed by atoms with Crippen molar-refractivity contribution >= 4 is 11.7 Å². The van der Waals surface area contributed by atoms with Crippen molar-refractivity contribution in [1.82, 2.24) is 0 Å². The Morgan fingerprint density at radius 3 is 2.75 bits per heavy atom. The average molecular weight is 277 g/mol. The van der Waals surface area contributed by atoms with E-state index in [-0.39, 0.29) is 11.5 Å². The Balaban J connectivity index is 2.09. The maximum Gasteiger partial charge on any atom is 0.311 e. The fraction of sp³-hybridized carbons (Fsp3) is 0.562. The van der Waals surface area contributed by atoms with Crippen LogP contribution in [0.25, 0.3) is 0 Å². The molecule has 1 N–H and O–H groups in total.